The maximum Gasteiger partial charge on any atom is 0.137 e. The minimum atomic E-state index is 0.655. The van der Waals surface area contributed by atoms with Crippen LogP contribution in [0.3, 0.4) is 0 Å². The van der Waals surface area contributed by atoms with E-state index in [4.69, 9.17) is 4.74 Å². The van der Waals surface area contributed by atoms with Gasteiger partial charge < -0.3 is 10.1 Å². The summed E-state index contributed by atoms with van der Waals surface area (Å²) in [5.41, 5.74) is 1.19. The number of nitrogens with one attached hydrogen (secondary N) is 1. The highest BCUT2D eigenvalue weighted by Crippen LogP contribution is 2.29. The molecule has 100 valence electrons. The summed E-state index contributed by atoms with van der Waals surface area (Å²) in [7, 11) is 0. The fourth-order valence-corrected chi connectivity index (χ4v) is 2.12. The van der Waals surface area contributed by atoms with E-state index in [0.29, 0.717) is 12.5 Å². The summed E-state index contributed by atoms with van der Waals surface area (Å²) in [6, 6.07) is 6.15. The van der Waals surface area contributed by atoms with Crippen LogP contribution in [0, 0.1) is 5.92 Å². The molecule has 0 atom stereocenters. The smallest absolute Gasteiger partial charge is 0.137 e. The van der Waals surface area contributed by atoms with Crippen molar-refractivity contribution in [3.63, 3.8) is 0 Å². The molecule has 3 heteroatoms. The third kappa shape index (κ3) is 5.23. The van der Waals surface area contributed by atoms with Crippen LogP contribution in [-0.2, 0) is 6.54 Å². The largest absolute Gasteiger partial charge is 0.492 e. The van der Waals surface area contributed by atoms with Crippen LogP contribution in [0.25, 0.3) is 0 Å². The van der Waals surface area contributed by atoms with E-state index in [9.17, 15) is 0 Å². The summed E-state index contributed by atoms with van der Waals surface area (Å²) in [6.07, 6.45) is 2.73. The molecule has 0 spiro atoms. The van der Waals surface area contributed by atoms with Gasteiger partial charge in [-0.2, -0.15) is 0 Å². The molecule has 1 aromatic rings. The Labute approximate surface area is 119 Å². The van der Waals surface area contributed by atoms with Crippen LogP contribution >= 0.6 is 15.9 Å². The molecule has 0 bridgehead atoms. The number of halogens is 1. The lowest BCUT2D eigenvalue weighted by Crippen LogP contribution is -2.19. The predicted molar refractivity (Wildman–Crippen MR) is 81.0 cm³/mol. The van der Waals surface area contributed by atoms with Gasteiger partial charge in [0.2, 0.25) is 0 Å². The van der Waals surface area contributed by atoms with Crippen LogP contribution < -0.4 is 10.1 Å². The van der Waals surface area contributed by atoms with E-state index in [-0.39, 0.29) is 0 Å². The van der Waals surface area contributed by atoms with Gasteiger partial charge >= 0.3 is 0 Å². The number of hydrogen-bond donors (Lipinski definition) is 1. The van der Waals surface area contributed by atoms with E-state index in [1.54, 1.807) is 0 Å². The zero-order chi connectivity index (χ0) is 13.4. The minimum Gasteiger partial charge on any atom is -0.492 e. The van der Waals surface area contributed by atoms with Crippen molar-refractivity contribution >= 4 is 15.9 Å². The Kier molecular flexibility index (Phi) is 7.06. The van der Waals surface area contributed by atoms with Gasteiger partial charge in [0.1, 0.15) is 5.75 Å². The number of rotatable bonds is 8. The molecule has 0 unspecified atom stereocenters. The van der Waals surface area contributed by atoms with Crippen molar-refractivity contribution in [2.75, 3.05) is 13.2 Å². The van der Waals surface area contributed by atoms with Gasteiger partial charge in [-0.3, -0.25) is 0 Å². The van der Waals surface area contributed by atoms with E-state index in [1.165, 1.54) is 5.56 Å². The predicted octanol–water partition coefficient (Wildman–Crippen LogP) is 4.15. The SMILES string of the molecule is C=CCCOc1c(Br)cccc1CNCC(C)C. The first-order valence-electron chi connectivity index (χ1n) is 6.37. The molecule has 0 aliphatic heterocycles. The highest BCUT2D eigenvalue weighted by Gasteiger charge is 2.07. The van der Waals surface area contributed by atoms with Crippen LogP contribution in [0.15, 0.2) is 35.3 Å². The highest BCUT2D eigenvalue weighted by atomic mass is 79.9. The molecule has 0 fully saturated rings. The average molecular weight is 312 g/mol. The Hall–Kier alpha value is -0.800. The first-order chi connectivity index (χ1) is 8.65. The molecule has 1 rings (SSSR count). The van der Waals surface area contributed by atoms with Crippen molar-refractivity contribution in [1.29, 1.82) is 0 Å². The first kappa shape index (κ1) is 15.3. The van der Waals surface area contributed by atoms with Gasteiger partial charge in [0, 0.05) is 12.1 Å². The molecule has 0 amide bonds. The van der Waals surface area contributed by atoms with E-state index < -0.39 is 0 Å². The normalized spacial score (nSPS) is 10.7. The van der Waals surface area contributed by atoms with Crippen molar-refractivity contribution in [3.8, 4) is 5.75 Å². The highest BCUT2D eigenvalue weighted by molar-refractivity contribution is 9.10. The summed E-state index contributed by atoms with van der Waals surface area (Å²) < 4.78 is 6.82. The lowest BCUT2D eigenvalue weighted by molar-refractivity contribution is 0.318. The minimum absolute atomic E-state index is 0.655. The molecule has 1 aromatic carbocycles. The molecule has 0 saturated carbocycles. The molecule has 1 N–H and O–H groups in total. The fraction of sp³-hybridized carbons (Fsp3) is 0.467. The summed E-state index contributed by atoms with van der Waals surface area (Å²) in [5, 5.41) is 3.44. The van der Waals surface area contributed by atoms with Gasteiger partial charge in [0.25, 0.3) is 0 Å². The van der Waals surface area contributed by atoms with Gasteiger partial charge in [-0.15, -0.1) is 6.58 Å². The summed E-state index contributed by atoms with van der Waals surface area (Å²) in [5.74, 6) is 1.60. The Morgan fingerprint density at radius 3 is 2.89 bits per heavy atom. The van der Waals surface area contributed by atoms with Gasteiger partial charge in [-0.25, -0.2) is 0 Å². The Bertz CT molecular complexity index is 377. The van der Waals surface area contributed by atoms with E-state index in [1.807, 2.05) is 18.2 Å². The Morgan fingerprint density at radius 2 is 2.22 bits per heavy atom. The lowest BCUT2D eigenvalue weighted by Gasteiger charge is -2.14. The molecular weight excluding hydrogens is 290 g/mol. The zero-order valence-electron chi connectivity index (χ0n) is 11.2. The van der Waals surface area contributed by atoms with Crippen LogP contribution in [0.4, 0.5) is 0 Å². The molecule has 0 heterocycles. The van der Waals surface area contributed by atoms with Crippen molar-refractivity contribution in [2.45, 2.75) is 26.8 Å². The summed E-state index contributed by atoms with van der Waals surface area (Å²) in [4.78, 5) is 0. The third-order valence-corrected chi connectivity index (χ3v) is 3.11. The van der Waals surface area contributed by atoms with E-state index in [2.05, 4.69) is 47.7 Å². The number of benzene rings is 1. The van der Waals surface area contributed by atoms with Gasteiger partial charge in [-0.1, -0.05) is 32.1 Å². The summed E-state index contributed by atoms with van der Waals surface area (Å²) >= 11 is 3.54. The fourth-order valence-electron chi connectivity index (χ4n) is 1.59. The Balaban J connectivity index is 2.64. The monoisotopic (exact) mass is 311 g/mol. The van der Waals surface area contributed by atoms with Gasteiger partial charge in [-0.05, 0) is 40.9 Å². The topological polar surface area (TPSA) is 21.3 Å². The zero-order valence-corrected chi connectivity index (χ0v) is 12.8. The van der Waals surface area contributed by atoms with E-state index >= 15 is 0 Å². The van der Waals surface area contributed by atoms with Crippen LogP contribution in [0.2, 0.25) is 0 Å². The maximum absolute atomic E-state index is 5.81. The second-order valence-electron chi connectivity index (χ2n) is 4.68. The molecule has 18 heavy (non-hydrogen) atoms. The third-order valence-electron chi connectivity index (χ3n) is 2.48. The average Bonchev–Trinajstić information content (AvgIpc) is 2.32. The van der Waals surface area contributed by atoms with Crippen molar-refractivity contribution < 1.29 is 4.74 Å². The molecule has 2 nitrogen and oxygen atoms in total. The van der Waals surface area contributed by atoms with Crippen LogP contribution in [0.1, 0.15) is 25.8 Å². The van der Waals surface area contributed by atoms with Gasteiger partial charge in [0.05, 0.1) is 11.1 Å². The number of hydrogen-bond acceptors (Lipinski definition) is 2. The molecule has 0 radical (unpaired) electrons. The molecule has 0 aliphatic carbocycles. The second-order valence-corrected chi connectivity index (χ2v) is 5.53. The molecule has 0 aliphatic rings. The lowest BCUT2D eigenvalue weighted by atomic mass is 10.2. The number of para-hydroxylation sites is 1. The van der Waals surface area contributed by atoms with Gasteiger partial charge in [0.15, 0.2) is 0 Å². The van der Waals surface area contributed by atoms with Crippen molar-refractivity contribution in [2.24, 2.45) is 5.92 Å². The van der Waals surface area contributed by atoms with Crippen LogP contribution in [0.5, 0.6) is 5.75 Å². The summed E-state index contributed by atoms with van der Waals surface area (Å²) in [6.45, 7) is 10.6. The first-order valence-corrected chi connectivity index (χ1v) is 7.16. The van der Waals surface area contributed by atoms with E-state index in [0.717, 1.165) is 29.7 Å². The van der Waals surface area contributed by atoms with Crippen molar-refractivity contribution in [1.82, 2.24) is 5.32 Å². The number of ether oxygens (including phenoxy) is 1. The maximum atomic E-state index is 5.81. The molecule has 0 aromatic heterocycles. The molecule has 0 saturated heterocycles. The van der Waals surface area contributed by atoms with Crippen LogP contribution in [-0.4, -0.2) is 13.2 Å². The molecular formula is C15H22BrNO. The second kappa shape index (κ2) is 8.33. The quantitative estimate of drug-likeness (QED) is 0.575. The van der Waals surface area contributed by atoms with Crippen molar-refractivity contribution in [3.05, 3.63) is 40.9 Å². The Morgan fingerprint density at radius 1 is 1.44 bits per heavy atom. The standard InChI is InChI=1S/C15H22BrNO/c1-4-5-9-18-15-13(7-6-8-14(15)16)11-17-10-12(2)3/h4,6-8,12,17H,1,5,9-11H2,2-3H3.